The molecule has 5 nitrogen and oxygen atoms in total. The number of nitrogens with one attached hydrogen (secondary N) is 1. The second-order valence-electron chi connectivity index (χ2n) is 5.60. The van der Waals surface area contributed by atoms with Gasteiger partial charge in [0.25, 0.3) is 0 Å². The summed E-state index contributed by atoms with van der Waals surface area (Å²) in [6.07, 6.45) is 4.72. The van der Waals surface area contributed by atoms with E-state index in [1.807, 2.05) is 23.9 Å². The van der Waals surface area contributed by atoms with Crippen LogP contribution >= 0.6 is 0 Å². The molecule has 2 N–H and O–H groups in total. The molecule has 1 aromatic rings. The van der Waals surface area contributed by atoms with Gasteiger partial charge in [0.1, 0.15) is 0 Å². The standard InChI is InChI=1S/C15H29N3O2/c1-5-14(6-2)18-9-7-13(17-18)11-15(3,19)12-16-8-10-20-4/h7,9,14,16,19H,5-6,8,10-12H2,1-4H3. The zero-order valence-electron chi connectivity index (χ0n) is 13.2. The largest absolute Gasteiger partial charge is 0.388 e. The van der Waals surface area contributed by atoms with Gasteiger partial charge in [-0.2, -0.15) is 5.10 Å². The van der Waals surface area contributed by atoms with Crippen LogP contribution in [0.2, 0.25) is 0 Å². The molecule has 0 bridgehead atoms. The Morgan fingerprint density at radius 3 is 2.75 bits per heavy atom. The molecule has 0 radical (unpaired) electrons. The number of hydrogen-bond acceptors (Lipinski definition) is 4. The molecule has 1 atom stereocenters. The van der Waals surface area contributed by atoms with Crippen molar-refractivity contribution >= 4 is 0 Å². The van der Waals surface area contributed by atoms with Crippen molar-refractivity contribution in [1.29, 1.82) is 0 Å². The summed E-state index contributed by atoms with van der Waals surface area (Å²) in [6.45, 7) is 8.11. The van der Waals surface area contributed by atoms with Gasteiger partial charge in [0.05, 0.1) is 23.9 Å². The zero-order valence-corrected chi connectivity index (χ0v) is 13.2. The number of rotatable bonds is 10. The van der Waals surface area contributed by atoms with Gasteiger partial charge in [-0.3, -0.25) is 4.68 Å². The van der Waals surface area contributed by atoms with Gasteiger partial charge in [0, 0.05) is 32.8 Å². The highest BCUT2D eigenvalue weighted by Gasteiger charge is 2.22. The molecule has 0 aliphatic carbocycles. The van der Waals surface area contributed by atoms with Crippen molar-refractivity contribution < 1.29 is 9.84 Å². The van der Waals surface area contributed by atoms with Gasteiger partial charge in [-0.1, -0.05) is 13.8 Å². The van der Waals surface area contributed by atoms with E-state index in [4.69, 9.17) is 4.74 Å². The van der Waals surface area contributed by atoms with Crippen molar-refractivity contribution in [2.75, 3.05) is 26.8 Å². The lowest BCUT2D eigenvalue weighted by molar-refractivity contribution is 0.0570. The van der Waals surface area contributed by atoms with Crippen LogP contribution in [0.5, 0.6) is 0 Å². The SMILES string of the molecule is CCC(CC)n1ccc(CC(C)(O)CNCCOC)n1. The van der Waals surface area contributed by atoms with Crippen LogP contribution in [0.1, 0.15) is 45.3 Å². The predicted molar refractivity (Wildman–Crippen MR) is 80.9 cm³/mol. The third-order valence-electron chi connectivity index (χ3n) is 3.53. The lowest BCUT2D eigenvalue weighted by Gasteiger charge is -2.23. The summed E-state index contributed by atoms with van der Waals surface area (Å²) < 4.78 is 6.99. The van der Waals surface area contributed by atoms with E-state index >= 15 is 0 Å². The smallest absolute Gasteiger partial charge is 0.0799 e. The van der Waals surface area contributed by atoms with Crippen LogP contribution in [-0.4, -0.2) is 47.3 Å². The lowest BCUT2D eigenvalue weighted by Crippen LogP contribution is -2.40. The summed E-state index contributed by atoms with van der Waals surface area (Å²) in [6, 6.07) is 2.45. The highest BCUT2D eigenvalue weighted by molar-refractivity contribution is 5.04. The van der Waals surface area contributed by atoms with Gasteiger partial charge < -0.3 is 15.2 Å². The number of ether oxygens (including phenoxy) is 1. The molecule has 5 heteroatoms. The summed E-state index contributed by atoms with van der Waals surface area (Å²) in [7, 11) is 1.67. The van der Waals surface area contributed by atoms with E-state index in [1.54, 1.807) is 7.11 Å². The Labute approximate surface area is 122 Å². The monoisotopic (exact) mass is 283 g/mol. The van der Waals surface area contributed by atoms with Gasteiger partial charge in [-0.25, -0.2) is 0 Å². The van der Waals surface area contributed by atoms with Crippen LogP contribution < -0.4 is 5.32 Å². The van der Waals surface area contributed by atoms with E-state index in [0.717, 1.165) is 25.1 Å². The first-order chi connectivity index (χ1) is 9.52. The van der Waals surface area contributed by atoms with E-state index in [1.165, 1.54) is 0 Å². The zero-order chi connectivity index (χ0) is 15.0. The molecule has 0 aliphatic rings. The van der Waals surface area contributed by atoms with E-state index in [9.17, 15) is 5.11 Å². The van der Waals surface area contributed by atoms with Crippen LogP contribution in [0.3, 0.4) is 0 Å². The Morgan fingerprint density at radius 1 is 1.45 bits per heavy atom. The maximum Gasteiger partial charge on any atom is 0.0799 e. The van der Waals surface area contributed by atoms with Gasteiger partial charge in [0.15, 0.2) is 0 Å². The summed E-state index contributed by atoms with van der Waals surface area (Å²) >= 11 is 0. The fourth-order valence-corrected chi connectivity index (χ4v) is 2.32. The Bertz CT molecular complexity index is 373. The first-order valence-electron chi connectivity index (χ1n) is 7.48. The molecule has 116 valence electrons. The lowest BCUT2D eigenvalue weighted by atomic mass is 10.0. The molecule has 0 aliphatic heterocycles. The Kier molecular flexibility index (Phi) is 7.19. The van der Waals surface area contributed by atoms with Crippen LogP contribution in [0.15, 0.2) is 12.3 Å². The minimum Gasteiger partial charge on any atom is -0.388 e. The van der Waals surface area contributed by atoms with Gasteiger partial charge in [-0.05, 0) is 25.8 Å². The fraction of sp³-hybridized carbons (Fsp3) is 0.800. The normalized spacial score (nSPS) is 14.7. The average Bonchev–Trinajstić information content (AvgIpc) is 2.84. The molecular weight excluding hydrogens is 254 g/mol. The molecule has 0 saturated carbocycles. The molecule has 0 amide bonds. The predicted octanol–water partition coefficient (Wildman–Crippen LogP) is 1.77. The molecule has 0 fully saturated rings. The topological polar surface area (TPSA) is 59.3 Å². The van der Waals surface area contributed by atoms with Gasteiger partial charge in [-0.15, -0.1) is 0 Å². The molecule has 0 saturated heterocycles. The maximum absolute atomic E-state index is 10.4. The van der Waals surface area contributed by atoms with Crippen molar-refractivity contribution in [1.82, 2.24) is 15.1 Å². The van der Waals surface area contributed by atoms with Gasteiger partial charge >= 0.3 is 0 Å². The van der Waals surface area contributed by atoms with Gasteiger partial charge in [0.2, 0.25) is 0 Å². The number of aliphatic hydroxyl groups is 1. The Morgan fingerprint density at radius 2 is 2.15 bits per heavy atom. The summed E-state index contributed by atoms with van der Waals surface area (Å²) in [4.78, 5) is 0. The van der Waals surface area contributed by atoms with E-state index in [2.05, 4.69) is 24.3 Å². The molecule has 20 heavy (non-hydrogen) atoms. The van der Waals surface area contributed by atoms with Crippen LogP contribution in [-0.2, 0) is 11.2 Å². The Balaban J connectivity index is 2.50. The molecule has 1 aromatic heterocycles. The third-order valence-corrected chi connectivity index (χ3v) is 3.53. The number of hydrogen-bond donors (Lipinski definition) is 2. The number of methoxy groups -OCH3 is 1. The minimum atomic E-state index is -0.791. The first-order valence-corrected chi connectivity index (χ1v) is 7.48. The molecule has 1 rings (SSSR count). The fourth-order valence-electron chi connectivity index (χ4n) is 2.32. The van der Waals surface area contributed by atoms with E-state index < -0.39 is 5.60 Å². The van der Waals surface area contributed by atoms with Crippen molar-refractivity contribution in [2.45, 2.75) is 51.7 Å². The highest BCUT2D eigenvalue weighted by Crippen LogP contribution is 2.16. The van der Waals surface area contributed by atoms with Crippen molar-refractivity contribution in [3.05, 3.63) is 18.0 Å². The maximum atomic E-state index is 10.4. The van der Waals surface area contributed by atoms with Crippen molar-refractivity contribution in [3.63, 3.8) is 0 Å². The van der Waals surface area contributed by atoms with E-state index in [0.29, 0.717) is 25.6 Å². The third kappa shape index (κ3) is 5.61. The highest BCUT2D eigenvalue weighted by atomic mass is 16.5. The Hall–Kier alpha value is -0.910. The van der Waals surface area contributed by atoms with Crippen LogP contribution in [0.4, 0.5) is 0 Å². The average molecular weight is 283 g/mol. The summed E-state index contributed by atoms with van der Waals surface area (Å²) in [5.41, 5.74) is 0.149. The molecular formula is C15H29N3O2. The summed E-state index contributed by atoms with van der Waals surface area (Å²) in [5, 5.41) is 18.2. The second-order valence-corrected chi connectivity index (χ2v) is 5.60. The molecule has 0 spiro atoms. The van der Waals surface area contributed by atoms with Crippen LogP contribution in [0.25, 0.3) is 0 Å². The van der Waals surface area contributed by atoms with Crippen molar-refractivity contribution in [2.24, 2.45) is 0 Å². The van der Waals surface area contributed by atoms with Crippen molar-refractivity contribution in [3.8, 4) is 0 Å². The van der Waals surface area contributed by atoms with Crippen LogP contribution in [0, 0.1) is 0 Å². The number of nitrogens with zero attached hydrogens (tertiary/aromatic N) is 2. The first kappa shape index (κ1) is 17.1. The minimum absolute atomic E-state index is 0.452. The quantitative estimate of drug-likeness (QED) is 0.643. The van der Waals surface area contributed by atoms with E-state index in [-0.39, 0.29) is 0 Å². The summed E-state index contributed by atoms with van der Waals surface area (Å²) in [5.74, 6) is 0. The second kappa shape index (κ2) is 8.39. The molecule has 1 heterocycles. The number of aromatic nitrogens is 2. The molecule has 0 aromatic carbocycles. The molecule has 1 unspecified atom stereocenters.